The van der Waals surface area contributed by atoms with Gasteiger partial charge >= 0.3 is 5.69 Å². The molecule has 5 heteroatoms. The minimum absolute atomic E-state index is 0.275. The fourth-order valence-electron chi connectivity index (χ4n) is 0.900. The number of nitrogens with one attached hydrogen (secondary N) is 1. The van der Waals surface area contributed by atoms with Crippen LogP contribution < -0.4 is 5.69 Å². The van der Waals surface area contributed by atoms with E-state index in [1.54, 1.807) is 18.3 Å². The summed E-state index contributed by atoms with van der Waals surface area (Å²) >= 11 is 5.73. The van der Waals surface area contributed by atoms with Gasteiger partial charge in [-0.2, -0.15) is 5.10 Å². The van der Waals surface area contributed by atoms with Crippen molar-refractivity contribution in [2.45, 2.75) is 0 Å². The van der Waals surface area contributed by atoms with Crippen LogP contribution in [0.5, 0.6) is 0 Å². The van der Waals surface area contributed by atoms with Gasteiger partial charge in [-0.05, 0) is 12.1 Å². The molecule has 2 aromatic heterocycles. The van der Waals surface area contributed by atoms with Gasteiger partial charge in [-0.1, -0.05) is 11.6 Å². The van der Waals surface area contributed by atoms with E-state index in [0.29, 0.717) is 10.7 Å². The lowest BCUT2D eigenvalue weighted by Gasteiger charge is -1.89. The number of halogens is 1. The maximum Gasteiger partial charge on any atom is 0.347 e. The van der Waals surface area contributed by atoms with Gasteiger partial charge in [0.05, 0.1) is 5.02 Å². The van der Waals surface area contributed by atoms with E-state index in [-0.39, 0.29) is 5.69 Å². The molecule has 4 nitrogen and oxygen atoms in total. The third kappa shape index (κ3) is 0.832. The van der Waals surface area contributed by atoms with Crippen LogP contribution in [-0.2, 0) is 0 Å². The largest absolute Gasteiger partial charge is 0.347 e. The summed E-state index contributed by atoms with van der Waals surface area (Å²) in [5, 5.41) is 6.47. The van der Waals surface area contributed by atoms with Gasteiger partial charge in [0, 0.05) is 6.20 Å². The first-order chi connectivity index (χ1) is 5.29. The molecule has 0 saturated heterocycles. The zero-order valence-corrected chi connectivity index (χ0v) is 6.17. The quantitative estimate of drug-likeness (QED) is 0.631. The molecule has 0 aliphatic heterocycles. The molecule has 0 aliphatic rings. The Hall–Kier alpha value is -1.29. The van der Waals surface area contributed by atoms with Crippen LogP contribution in [0.15, 0.2) is 23.1 Å². The van der Waals surface area contributed by atoms with Gasteiger partial charge in [-0.25, -0.2) is 14.3 Å². The second kappa shape index (κ2) is 2.10. The van der Waals surface area contributed by atoms with Crippen molar-refractivity contribution in [1.82, 2.24) is 14.6 Å². The van der Waals surface area contributed by atoms with Crippen molar-refractivity contribution in [3.63, 3.8) is 0 Å². The molecule has 0 unspecified atom stereocenters. The van der Waals surface area contributed by atoms with Gasteiger partial charge in [0.2, 0.25) is 0 Å². The first-order valence-corrected chi connectivity index (χ1v) is 3.38. The van der Waals surface area contributed by atoms with Crippen LogP contribution in [0, 0.1) is 0 Å². The minimum atomic E-state index is -0.275. The van der Waals surface area contributed by atoms with Crippen molar-refractivity contribution in [1.29, 1.82) is 0 Å². The van der Waals surface area contributed by atoms with Gasteiger partial charge in [0.1, 0.15) is 0 Å². The SMILES string of the molecule is O=c1[nH]nc2c(Cl)cccn12. The van der Waals surface area contributed by atoms with Crippen LogP contribution in [0.1, 0.15) is 0 Å². The van der Waals surface area contributed by atoms with Gasteiger partial charge in [-0.3, -0.25) is 0 Å². The zero-order valence-electron chi connectivity index (χ0n) is 5.41. The number of aromatic nitrogens is 3. The van der Waals surface area contributed by atoms with Crippen LogP contribution in [0.4, 0.5) is 0 Å². The lowest BCUT2D eigenvalue weighted by Crippen LogP contribution is -2.08. The molecular weight excluding hydrogens is 166 g/mol. The van der Waals surface area contributed by atoms with Gasteiger partial charge in [0.25, 0.3) is 0 Å². The minimum Gasteiger partial charge on any atom is -0.249 e. The summed E-state index contributed by atoms with van der Waals surface area (Å²) in [6.45, 7) is 0. The molecule has 1 N–H and O–H groups in total. The Balaban J connectivity index is 3.06. The van der Waals surface area contributed by atoms with Gasteiger partial charge < -0.3 is 0 Å². The van der Waals surface area contributed by atoms with E-state index in [9.17, 15) is 4.79 Å². The molecule has 0 aromatic carbocycles. The van der Waals surface area contributed by atoms with Gasteiger partial charge in [0.15, 0.2) is 5.65 Å². The first kappa shape index (κ1) is 6.42. The number of pyridine rings is 1. The van der Waals surface area contributed by atoms with Crippen LogP contribution in [-0.4, -0.2) is 14.6 Å². The molecule has 11 heavy (non-hydrogen) atoms. The number of hydrogen-bond acceptors (Lipinski definition) is 2. The number of H-pyrrole nitrogens is 1. The van der Waals surface area contributed by atoms with Crippen molar-refractivity contribution >= 4 is 17.2 Å². The summed E-state index contributed by atoms with van der Waals surface area (Å²) in [7, 11) is 0. The predicted octanol–water partition coefficient (Wildman–Crippen LogP) is 0.676. The fraction of sp³-hybridized carbons (Fsp3) is 0. The van der Waals surface area contributed by atoms with Crippen molar-refractivity contribution in [2.24, 2.45) is 0 Å². The molecule has 0 bridgehead atoms. The molecule has 2 rings (SSSR count). The first-order valence-electron chi connectivity index (χ1n) is 3.00. The molecule has 0 fully saturated rings. The summed E-state index contributed by atoms with van der Waals surface area (Å²) in [6, 6.07) is 3.36. The smallest absolute Gasteiger partial charge is 0.249 e. The molecule has 2 aromatic rings. The van der Waals surface area contributed by atoms with Crippen molar-refractivity contribution < 1.29 is 0 Å². The molecule has 0 saturated carbocycles. The highest BCUT2D eigenvalue weighted by Gasteiger charge is 2.01. The van der Waals surface area contributed by atoms with E-state index < -0.39 is 0 Å². The Morgan fingerprint density at radius 3 is 3.18 bits per heavy atom. The van der Waals surface area contributed by atoms with Gasteiger partial charge in [-0.15, -0.1) is 0 Å². The average molecular weight is 170 g/mol. The summed E-state index contributed by atoms with van der Waals surface area (Å²) in [4.78, 5) is 10.9. The van der Waals surface area contributed by atoms with E-state index in [0.717, 1.165) is 0 Å². The lowest BCUT2D eigenvalue weighted by atomic mass is 10.5. The molecule has 0 radical (unpaired) electrons. The maximum absolute atomic E-state index is 10.9. The Labute approximate surface area is 66.4 Å². The third-order valence-corrected chi connectivity index (χ3v) is 1.69. The normalized spacial score (nSPS) is 10.6. The van der Waals surface area contributed by atoms with Crippen LogP contribution in [0.3, 0.4) is 0 Å². The maximum atomic E-state index is 10.9. The predicted molar refractivity (Wildman–Crippen MR) is 40.8 cm³/mol. The standard InChI is InChI=1S/C6H4ClN3O/c7-4-2-1-3-10-5(4)8-9-6(10)11/h1-3H,(H,9,11). The average Bonchev–Trinajstić information content (AvgIpc) is 2.35. The topological polar surface area (TPSA) is 50.2 Å². The Bertz CT molecular complexity index is 444. The number of hydrogen-bond donors (Lipinski definition) is 1. The van der Waals surface area contributed by atoms with E-state index in [4.69, 9.17) is 11.6 Å². The molecule has 0 atom stereocenters. The zero-order chi connectivity index (χ0) is 7.84. The number of nitrogens with zero attached hydrogens (tertiary/aromatic N) is 2. The van der Waals surface area contributed by atoms with E-state index in [1.165, 1.54) is 4.40 Å². The molecular formula is C6H4ClN3O. The highest BCUT2D eigenvalue weighted by molar-refractivity contribution is 6.33. The Kier molecular flexibility index (Phi) is 1.22. The molecule has 0 spiro atoms. The summed E-state index contributed by atoms with van der Waals surface area (Å²) < 4.78 is 1.35. The summed E-state index contributed by atoms with van der Waals surface area (Å²) in [5.74, 6) is 0. The lowest BCUT2D eigenvalue weighted by molar-refractivity contribution is 1.02. The molecule has 0 amide bonds. The van der Waals surface area contributed by atoms with Crippen LogP contribution in [0.25, 0.3) is 5.65 Å². The Morgan fingerprint density at radius 2 is 2.45 bits per heavy atom. The molecule has 56 valence electrons. The number of aromatic amines is 1. The van der Waals surface area contributed by atoms with Crippen molar-refractivity contribution in [3.05, 3.63) is 33.8 Å². The highest BCUT2D eigenvalue weighted by Crippen LogP contribution is 2.10. The second-order valence-electron chi connectivity index (χ2n) is 2.08. The van der Waals surface area contributed by atoms with Crippen LogP contribution >= 0.6 is 11.6 Å². The second-order valence-corrected chi connectivity index (χ2v) is 2.49. The third-order valence-electron chi connectivity index (χ3n) is 1.40. The van der Waals surface area contributed by atoms with Crippen molar-refractivity contribution in [3.8, 4) is 0 Å². The monoisotopic (exact) mass is 169 g/mol. The Morgan fingerprint density at radius 1 is 1.64 bits per heavy atom. The van der Waals surface area contributed by atoms with Crippen molar-refractivity contribution in [2.75, 3.05) is 0 Å². The van der Waals surface area contributed by atoms with Crippen LogP contribution in [0.2, 0.25) is 5.02 Å². The summed E-state index contributed by atoms with van der Waals surface area (Å²) in [6.07, 6.45) is 1.60. The summed E-state index contributed by atoms with van der Waals surface area (Å²) in [5.41, 5.74) is 0.182. The number of rotatable bonds is 0. The number of fused-ring (bicyclic) bond motifs is 1. The van der Waals surface area contributed by atoms with E-state index in [1.807, 2.05) is 0 Å². The molecule has 2 heterocycles. The fourth-order valence-corrected chi connectivity index (χ4v) is 1.11. The van der Waals surface area contributed by atoms with E-state index in [2.05, 4.69) is 10.2 Å². The highest BCUT2D eigenvalue weighted by atomic mass is 35.5. The molecule has 0 aliphatic carbocycles. The van der Waals surface area contributed by atoms with E-state index >= 15 is 0 Å².